The number of carbonyl (C=O) groups excluding carboxylic acids is 1. The van der Waals surface area contributed by atoms with E-state index in [9.17, 15) is 13.2 Å². The van der Waals surface area contributed by atoms with Gasteiger partial charge in [-0.15, -0.1) is 0 Å². The van der Waals surface area contributed by atoms with Gasteiger partial charge in [-0.05, 0) is 63.7 Å². The van der Waals surface area contributed by atoms with Gasteiger partial charge in [0.05, 0.1) is 11.0 Å². The van der Waals surface area contributed by atoms with Crippen LogP contribution in [-0.2, 0) is 10.0 Å². The topological polar surface area (TPSA) is 91.0 Å². The lowest BCUT2D eigenvalue weighted by Gasteiger charge is -2.20. The zero-order valence-corrected chi connectivity index (χ0v) is 19.7. The van der Waals surface area contributed by atoms with Crippen LogP contribution in [0.1, 0.15) is 26.7 Å². The summed E-state index contributed by atoms with van der Waals surface area (Å²) in [6, 6.07) is 13.0. The Hall–Kier alpha value is -2.62. The summed E-state index contributed by atoms with van der Waals surface area (Å²) in [4.78, 5) is 14.8. The van der Waals surface area contributed by atoms with Crippen LogP contribution in [0, 0.1) is 0 Å². The number of nitrogens with zero attached hydrogens (tertiary/aromatic N) is 2. The predicted molar refractivity (Wildman–Crippen MR) is 127 cm³/mol. The lowest BCUT2D eigenvalue weighted by atomic mass is 10.2. The maximum Gasteiger partial charge on any atom is 0.323 e. The fraction of sp³-hybridized carbons (Fsp3) is 0.435. The van der Waals surface area contributed by atoms with Crippen molar-refractivity contribution in [1.82, 2.24) is 9.21 Å². The lowest BCUT2D eigenvalue weighted by Crippen LogP contribution is -2.34. The average Bonchev–Trinajstić information content (AvgIpc) is 2.99. The highest BCUT2D eigenvalue weighted by atomic mass is 32.2. The Morgan fingerprint density at radius 3 is 2.44 bits per heavy atom. The van der Waals surface area contributed by atoms with E-state index in [2.05, 4.69) is 15.5 Å². The third-order valence-corrected chi connectivity index (χ3v) is 7.31. The van der Waals surface area contributed by atoms with Crippen molar-refractivity contribution >= 4 is 27.4 Å². The zero-order chi connectivity index (χ0) is 23.1. The van der Waals surface area contributed by atoms with Crippen molar-refractivity contribution in [3.05, 3.63) is 48.5 Å². The van der Waals surface area contributed by atoms with Gasteiger partial charge >= 0.3 is 6.03 Å². The number of benzene rings is 2. The first-order valence-electron chi connectivity index (χ1n) is 10.9. The highest BCUT2D eigenvalue weighted by Gasteiger charge is 2.26. The van der Waals surface area contributed by atoms with E-state index >= 15 is 0 Å². The minimum absolute atomic E-state index is 0.0772. The highest BCUT2D eigenvalue weighted by molar-refractivity contribution is 7.89. The molecule has 0 saturated carbocycles. The number of sulfonamides is 1. The van der Waals surface area contributed by atoms with E-state index < -0.39 is 16.1 Å². The molecular weight excluding hydrogens is 428 g/mol. The molecule has 0 bridgehead atoms. The molecular formula is C23H32N4O4S. The number of nitrogens with one attached hydrogen (secondary N) is 2. The van der Waals surface area contributed by atoms with Crippen molar-refractivity contribution in [2.75, 3.05) is 43.9 Å². The Morgan fingerprint density at radius 1 is 1.03 bits per heavy atom. The molecule has 1 aliphatic heterocycles. The summed E-state index contributed by atoms with van der Waals surface area (Å²) < 4.78 is 33.5. The smallest absolute Gasteiger partial charge is 0.323 e. The molecule has 1 aliphatic rings. The zero-order valence-electron chi connectivity index (χ0n) is 18.9. The molecule has 9 heteroatoms. The van der Waals surface area contributed by atoms with E-state index in [0.29, 0.717) is 36.8 Å². The van der Waals surface area contributed by atoms with E-state index in [4.69, 9.17) is 4.74 Å². The molecule has 174 valence electrons. The van der Waals surface area contributed by atoms with E-state index in [-0.39, 0.29) is 11.0 Å². The van der Waals surface area contributed by atoms with Gasteiger partial charge in [0.15, 0.2) is 0 Å². The number of amides is 2. The van der Waals surface area contributed by atoms with Gasteiger partial charge in [-0.3, -0.25) is 0 Å². The van der Waals surface area contributed by atoms with E-state index in [1.54, 1.807) is 36.4 Å². The van der Waals surface area contributed by atoms with Gasteiger partial charge in [-0.25, -0.2) is 13.2 Å². The first kappa shape index (κ1) is 24.0. The number of urea groups is 1. The molecule has 1 fully saturated rings. The van der Waals surface area contributed by atoms with Gasteiger partial charge in [0.1, 0.15) is 5.75 Å². The van der Waals surface area contributed by atoms with Crippen LogP contribution < -0.4 is 15.4 Å². The molecule has 0 aliphatic carbocycles. The fourth-order valence-electron chi connectivity index (χ4n) is 3.40. The quantitative estimate of drug-likeness (QED) is 0.655. The summed E-state index contributed by atoms with van der Waals surface area (Å²) in [5.74, 6) is 0.674. The van der Waals surface area contributed by atoms with Gasteiger partial charge in [0.25, 0.3) is 0 Å². The predicted octanol–water partition coefficient (Wildman–Crippen LogP) is 3.83. The third kappa shape index (κ3) is 6.44. The van der Waals surface area contributed by atoms with Crippen LogP contribution in [0.2, 0.25) is 0 Å². The highest BCUT2D eigenvalue weighted by Crippen LogP contribution is 2.22. The Labute approximate surface area is 190 Å². The molecule has 3 rings (SSSR count). The monoisotopic (exact) mass is 460 g/mol. The maximum absolute atomic E-state index is 13.1. The van der Waals surface area contributed by atoms with Gasteiger partial charge < -0.3 is 20.3 Å². The standard InChI is InChI=1S/C23H32N4O4S/c1-4-18(2)31-21-10-5-8-19(16-21)24-23(28)25-20-9-6-11-22(17-20)32(29,30)27-13-7-12-26(3)14-15-27/h5-6,8-11,16-18H,4,7,12-15H2,1-3H3,(H2,24,25,28). The second-order valence-corrected chi connectivity index (χ2v) is 9.97. The number of likely N-dealkylation sites (N-methyl/N-ethyl adjacent to an activating group) is 1. The number of anilines is 2. The molecule has 32 heavy (non-hydrogen) atoms. The summed E-state index contributed by atoms with van der Waals surface area (Å²) in [5.41, 5.74) is 0.989. The minimum Gasteiger partial charge on any atom is -0.491 e. The van der Waals surface area contributed by atoms with Gasteiger partial charge in [0.2, 0.25) is 10.0 Å². The molecule has 1 atom stereocenters. The Bertz CT molecular complexity index is 1030. The number of hydrogen-bond acceptors (Lipinski definition) is 5. The summed E-state index contributed by atoms with van der Waals surface area (Å²) in [7, 11) is -1.64. The molecule has 2 aromatic carbocycles. The van der Waals surface area contributed by atoms with Gasteiger partial charge in [0, 0.05) is 37.1 Å². The van der Waals surface area contributed by atoms with Crippen LogP contribution in [0.4, 0.5) is 16.2 Å². The summed E-state index contributed by atoms with van der Waals surface area (Å²) >= 11 is 0. The molecule has 1 heterocycles. The lowest BCUT2D eigenvalue weighted by molar-refractivity contribution is 0.217. The summed E-state index contributed by atoms with van der Waals surface area (Å²) in [5, 5.41) is 5.48. The molecule has 2 amide bonds. The van der Waals surface area contributed by atoms with E-state index in [1.807, 2.05) is 27.0 Å². The Morgan fingerprint density at radius 2 is 1.72 bits per heavy atom. The molecule has 0 aromatic heterocycles. The van der Waals surface area contributed by atoms with Crippen molar-refractivity contribution in [3.63, 3.8) is 0 Å². The Kier molecular flexibility index (Phi) is 8.11. The Balaban J connectivity index is 1.67. The van der Waals surface area contributed by atoms with Crippen molar-refractivity contribution in [3.8, 4) is 5.75 Å². The second kappa shape index (κ2) is 10.8. The van der Waals surface area contributed by atoms with Crippen molar-refractivity contribution in [2.24, 2.45) is 0 Å². The van der Waals surface area contributed by atoms with Crippen LogP contribution in [0.3, 0.4) is 0 Å². The maximum atomic E-state index is 13.1. The third-order valence-electron chi connectivity index (χ3n) is 5.41. The molecule has 0 spiro atoms. The summed E-state index contributed by atoms with van der Waals surface area (Å²) in [6.07, 6.45) is 1.75. The molecule has 8 nitrogen and oxygen atoms in total. The molecule has 1 saturated heterocycles. The molecule has 2 aromatic rings. The second-order valence-electron chi connectivity index (χ2n) is 8.03. The van der Waals surface area contributed by atoms with Crippen molar-refractivity contribution < 1.29 is 17.9 Å². The first-order chi connectivity index (χ1) is 15.3. The minimum atomic E-state index is -3.63. The SMILES string of the molecule is CCC(C)Oc1cccc(NC(=O)Nc2cccc(S(=O)(=O)N3CCCN(C)CC3)c2)c1. The molecule has 2 N–H and O–H groups in total. The largest absolute Gasteiger partial charge is 0.491 e. The van der Waals surface area contributed by atoms with Crippen LogP contribution in [0.15, 0.2) is 53.4 Å². The number of rotatable bonds is 7. The molecule has 1 unspecified atom stereocenters. The van der Waals surface area contributed by atoms with Crippen LogP contribution >= 0.6 is 0 Å². The van der Waals surface area contributed by atoms with Crippen LogP contribution in [0.25, 0.3) is 0 Å². The van der Waals surface area contributed by atoms with Crippen molar-refractivity contribution in [2.45, 2.75) is 37.7 Å². The van der Waals surface area contributed by atoms with Crippen molar-refractivity contribution in [1.29, 1.82) is 0 Å². The van der Waals surface area contributed by atoms with Crippen LogP contribution in [-0.4, -0.2) is 63.0 Å². The molecule has 0 radical (unpaired) electrons. The number of carbonyl (C=O) groups is 1. The first-order valence-corrected chi connectivity index (χ1v) is 12.4. The van der Waals surface area contributed by atoms with Crippen LogP contribution in [0.5, 0.6) is 5.75 Å². The van der Waals surface area contributed by atoms with E-state index in [0.717, 1.165) is 19.4 Å². The number of hydrogen-bond donors (Lipinski definition) is 2. The van der Waals surface area contributed by atoms with Gasteiger partial charge in [-0.1, -0.05) is 19.1 Å². The summed E-state index contributed by atoms with van der Waals surface area (Å²) in [6.45, 7) is 6.53. The van der Waals surface area contributed by atoms with E-state index in [1.165, 1.54) is 10.4 Å². The van der Waals surface area contributed by atoms with Gasteiger partial charge in [-0.2, -0.15) is 4.31 Å². The fourth-order valence-corrected chi connectivity index (χ4v) is 4.92. The average molecular weight is 461 g/mol. The normalized spacial score (nSPS) is 16.7. The number of ether oxygens (including phenoxy) is 1.